The number of benzene rings is 2. The van der Waals surface area contributed by atoms with Crippen LogP contribution in [0.5, 0.6) is 5.75 Å². The van der Waals surface area contributed by atoms with Gasteiger partial charge in [0.25, 0.3) is 5.91 Å². The van der Waals surface area contributed by atoms with Crippen LogP contribution in [0.1, 0.15) is 37.3 Å². The maximum atomic E-state index is 13.4. The largest absolute Gasteiger partial charge is 0.497 e. The summed E-state index contributed by atoms with van der Waals surface area (Å²) in [5, 5.41) is 2.87. The second kappa shape index (κ2) is 7.78. The summed E-state index contributed by atoms with van der Waals surface area (Å²) in [5.74, 6) is -0.0277. The third kappa shape index (κ3) is 3.65. The predicted octanol–water partition coefficient (Wildman–Crippen LogP) is 3.97. The van der Waals surface area contributed by atoms with Gasteiger partial charge in [0.15, 0.2) is 0 Å². The van der Waals surface area contributed by atoms with Crippen molar-refractivity contribution in [1.29, 1.82) is 0 Å². The molecule has 1 atom stereocenters. The number of imide groups is 1. The smallest absolute Gasteiger partial charge is 0.325 e. The third-order valence-corrected chi connectivity index (χ3v) is 4.89. The van der Waals surface area contributed by atoms with Crippen LogP contribution in [0, 0.1) is 5.82 Å². The Labute approximate surface area is 158 Å². The van der Waals surface area contributed by atoms with Crippen molar-refractivity contribution in [1.82, 2.24) is 10.2 Å². The third-order valence-electron chi connectivity index (χ3n) is 4.89. The van der Waals surface area contributed by atoms with Gasteiger partial charge in [0, 0.05) is 0 Å². The number of urea groups is 1. The van der Waals surface area contributed by atoms with Gasteiger partial charge >= 0.3 is 6.03 Å². The zero-order chi connectivity index (χ0) is 19.4. The van der Waals surface area contributed by atoms with Gasteiger partial charge in [-0.2, -0.15) is 0 Å². The lowest BCUT2D eigenvalue weighted by atomic mass is 9.84. The van der Waals surface area contributed by atoms with Crippen molar-refractivity contribution in [2.45, 2.75) is 38.3 Å². The number of unbranched alkanes of at least 4 members (excludes halogenated alkanes) is 1. The fraction of sp³-hybridized carbons (Fsp3) is 0.333. The molecule has 6 heteroatoms. The highest BCUT2D eigenvalue weighted by Crippen LogP contribution is 2.35. The van der Waals surface area contributed by atoms with Gasteiger partial charge in [-0.05, 0) is 41.8 Å². The molecule has 1 N–H and O–H groups in total. The lowest BCUT2D eigenvalue weighted by Gasteiger charge is -2.27. The Balaban J connectivity index is 1.93. The molecule has 0 saturated carbocycles. The zero-order valence-electron chi connectivity index (χ0n) is 15.5. The molecule has 2 aromatic carbocycles. The van der Waals surface area contributed by atoms with Crippen molar-refractivity contribution in [2.75, 3.05) is 7.11 Å². The van der Waals surface area contributed by atoms with E-state index in [-0.39, 0.29) is 18.3 Å². The van der Waals surface area contributed by atoms with Crippen LogP contribution < -0.4 is 10.1 Å². The Morgan fingerprint density at radius 1 is 1.15 bits per heavy atom. The number of nitrogens with one attached hydrogen (secondary N) is 1. The van der Waals surface area contributed by atoms with E-state index in [4.69, 9.17) is 4.74 Å². The molecule has 1 saturated heterocycles. The second-order valence-electron chi connectivity index (χ2n) is 6.69. The summed E-state index contributed by atoms with van der Waals surface area (Å²) in [7, 11) is 1.57. The minimum absolute atomic E-state index is 0.150. The Hall–Kier alpha value is -2.89. The molecule has 1 aliphatic heterocycles. The molecule has 1 fully saturated rings. The number of nitrogens with zero attached hydrogens (tertiary/aromatic N) is 1. The van der Waals surface area contributed by atoms with Crippen LogP contribution in [0.4, 0.5) is 9.18 Å². The SMILES string of the molecule is CCCCC1(c2ccc(F)cc2)NC(=O)N(Cc2cccc(OC)c2)C1=O. The molecule has 1 unspecified atom stereocenters. The number of carbonyl (C=O) groups is 2. The van der Waals surface area contributed by atoms with E-state index in [9.17, 15) is 14.0 Å². The fourth-order valence-corrected chi connectivity index (χ4v) is 3.41. The van der Waals surface area contributed by atoms with E-state index < -0.39 is 11.6 Å². The van der Waals surface area contributed by atoms with Gasteiger partial charge in [-0.25, -0.2) is 9.18 Å². The number of halogens is 1. The molecule has 142 valence electrons. The number of carbonyl (C=O) groups excluding carboxylic acids is 2. The molecular formula is C21H23FN2O3. The van der Waals surface area contributed by atoms with Crippen LogP contribution in [-0.2, 0) is 16.9 Å². The van der Waals surface area contributed by atoms with Crippen molar-refractivity contribution in [2.24, 2.45) is 0 Å². The van der Waals surface area contributed by atoms with E-state index in [1.165, 1.54) is 17.0 Å². The zero-order valence-corrected chi connectivity index (χ0v) is 15.5. The molecule has 0 aliphatic carbocycles. The highest BCUT2D eigenvalue weighted by molar-refractivity contribution is 6.07. The van der Waals surface area contributed by atoms with Gasteiger partial charge in [-0.3, -0.25) is 9.69 Å². The summed E-state index contributed by atoms with van der Waals surface area (Å²) in [4.78, 5) is 27.2. The van der Waals surface area contributed by atoms with Crippen LogP contribution in [0.2, 0.25) is 0 Å². The summed E-state index contributed by atoms with van der Waals surface area (Å²) < 4.78 is 18.6. The van der Waals surface area contributed by atoms with Crippen molar-refractivity contribution >= 4 is 11.9 Å². The maximum Gasteiger partial charge on any atom is 0.325 e. The first-order valence-corrected chi connectivity index (χ1v) is 9.03. The van der Waals surface area contributed by atoms with Crippen LogP contribution in [0.25, 0.3) is 0 Å². The number of ether oxygens (including phenoxy) is 1. The Morgan fingerprint density at radius 2 is 1.89 bits per heavy atom. The predicted molar refractivity (Wildman–Crippen MR) is 99.7 cm³/mol. The molecule has 0 radical (unpaired) electrons. The topological polar surface area (TPSA) is 58.6 Å². The highest BCUT2D eigenvalue weighted by Gasteiger charge is 2.51. The number of hydrogen-bond donors (Lipinski definition) is 1. The molecule has 27 heavy (non-hydrogen) atoms. The highest BCUT2D eigenvalue weighted by atomic mass is 19.1. The Kier molecular flexibility index (Phi) is 5.44. The number of methoxy groups -OCH3 is 1. The first-order chi connectivity index (χ1) is 13.0. The molecular weight excluding hydrogens is 347 g/mol. The van der Waals surface area contributed by atoms with E-state index in [0.717, 1.165) is 18.4 Å². The first kappa shape index (κ1) is 18.9. The van der Waals surface area contributed by atoms with Gasteiger partial charge in [-0.15, -0.1) is 0 Å². The van der Waals surface area contributed by atoms with E-state index >= 15 is 0 Å². The molecule has 1 aliphatic rings. The fourth-order valence-electron chi connectivity index (χ4n) is 3.41. The molecule has 1 heterocycles. The van der Waals surface area contributed by atoms with Crippen molar-refractivity contribution < 1.29 is 18.7 Å². The summed E-state index contributed by atoms with van der Waals surface area (Å²) in [6.45, 7) is 2.17. The van der Waals surface area contributed by atoms with Crippen molar-refractivity contribution in [3.63, 3.8) is 0 Å². The summed E-state index contributed by atoms with van der Waals surface area (Å²) >= 11 is 0. The van der Waals surface area contributed by atoms with Crippen LogP contribution >= 0.6 is 0 Å². The summed E-state index contributed by atoms with van der Waals surface area (Å²) in [5.41, 5.74) is 0.242. The van der Waals surface area contributed by atoms with Gasteiger partial charge in [0.1, 0.15) is 17.1 Å². The van der Waals surface area contributed by atoms with Crippen molar-refractivity contribution in [3.05, 3.63) is 65.5 Å². The molecule has 3 rings (SSSR count). The second-order valence-corrected chi connectivity index (χ2v) is 6.69. The minimum atomic E-state index is -1.15. The lowest BCUT2D eigenvalue weighted by molar-refractivity contribution is -0.132. The summed E-state index contributed by atoms with van der Waals surface area (Å²) in [6.07, 6.45) is 2.10. The van der Waals surface area contributed by atoms with Gasteiger partial charge in [0.05, 0.1) is 13.7 Å². The number of rotatable bonds is 7. The summed E-state index contributed by atoms with van der Waals surface area (Å²) in [6, 6.07) is 12.6. The Morgan fingerprint density at radius 3 is 2.56 bits per heavy atom. The molecule has 2 aromatic rings. The quantitative estimate of drug-likeness (QED) is 0.750. The van der Waals surface area contributed by atoms with Gasteiger partial charge in [-0.1, -0.05) is 44.0 Å². The van der Waals surface area contributed by atoms with Gasteiger partial charge in [0.2, 0.25) is 0 Å². The number of hydrogen-bond acceptors (Lipinski definition) is 3. The average molecular weight is 370 g/mol. The Bertz CT molecular complexity index is 838. The molecule has 5 nitrogen and oxygen atoms in total. The molecule has 0 aromatic heterocycles. The van der Waals surface area contributed by atoms with Crippen LogP contribution in [0.3, 0.4) is 0 Å². The monoisotopic (exact) mass is 370 g/mol. The average Bonchev–Trinajstić information content (AvgIpc) is 2.92. The van der Waals surface area contributed by atoms with E-state index in [1.807, 2.05) is 19.1 Å². The first-order valence-electron chi connectivity index (χ1n) is 9.03. The van der Waals surface area contributed by atoms with Crippen LogP contribution in [-0.4, -0.2) is 23.9 Å². The molecule has 3 amide bonds. The molecule has 0 spiro atoms. The normalized spacial score (nSPS) is 19.3. The van der Waals surface area contributed by atoms with Gasteiger partial charge < -0.3 is 10.1 Å². The van der Waals surface area contributed by atoms with E-state index in [2.05, 4.69) is 5.32 Å². The minimum Gasteiger partial charge on any atom is -0.497 e. The van der Waals surface area contributed by atoms with Crippen LogP contribution in [0.15, 0.2) is 48.5 Å². The number of amides is 3. The molecule has 0 bridgehead atoms. The standard InChI is InChI=1S/C21H23FN2O3/c1-3-4-12-21(16-8-10-17(22)11-9-16)19(25)24(20(26)23-21)14-15-6-5-7-18(13-15)27-2/h5-11,13H,3-4,12,14H2,1-2H3,(H,23,26). The van der Waals surface area contributed by atoms with Crippen molar-refractivity contribution in [3.8, 4) is 5.75 Å². The van der Waals surface area contributed by atoms with E-state index in [0.29, 0.717) is 17.7 Å². The lowest BCUT2D eigenvalue weighted by Crippen LogP contribution is -2.44. The van der Waals surface area contributed by atoms with E-state index in [1.54, 1.807) is 31.4 Å². The maximum absolute atomic E-state index is 13.4.